The van der Waals surface area contributed by atoms with Gasteiger partial charge in [0.15, 0.2) is 0 Å². The molecule has 0 bridgehead atoms. The van der Waals surface area contributed by atoms with Crippen LogP contribution in [-0.2, 0) is 4.79 Å². The summed E-state index contributed by atoms with van der Waals surface area (Å²) < 4.78 is 0. The van der Waals surface area contributed by atoms with Gasteiger partial charge in [0.25, 0.3) is 0 Å². The number of carboxylic acids is 1. The molecule has 0 saturated heterocycles. The maximum absolute atomic E-state index is 11.6. The minimum absolute atomic E-state index is 0.0731. The van der Waals surface area contributed by atoms with Crippen molar-refractivity contribution in [2.24, 2.45) is 58.2 Å². The van der Waals surface area contributed by atoms with E-state index >= 15 is 0 Å². The fraction of sp³-hybridized carbons (Fsp3) is 0.964. The van der Waals surface area contributed by atoms with Crippen molar-refractivity contribution in [2.75, 3.05) is 0 Å². The molecule has 30 heavy (non-hydrogen) atoms. The van der Waals surface area contributed by atoms with Gasteiger partial charge in [0.05, 0.1) is 5.92 Å². The van der Waals surface area contributed by atoms with E-state index in [1.807, 2.05) is 0 Å². The van der Waals surface area contributed by atoms with E-state index in [1.54, 1.807) is 0 Å². The van der Waals surface area contributed by atoms with Crippen LogP contribution in [0.1, 0.15) is 112 Å². The van der Waals surface area contributed by atoms with Crippen LogP contribution in [0, 0.1) is 58.2 Å². The fourth-order valence-corrected chi connectivity index (χ4v) is 9.51. The third-order valence-electron chi connectivity index (χ3n) is 11.2. The van der Waals surface area contributed by atoms with Crippen LogP contribution < -0.4 is 0 Å². The highest BCUT2D eigenvalue weighted by atomic mass is 16.4. The summed E-state index contributed by atoms with van der Waals surface area (Å²) in [5, 5.41) is 9.57. The van der Waals surface area contributed by atoms with Gasteiger partial charge in [0.1, 0.15) is 0 Å². The molecule has 0 aromatic heterocycles. The van der Waals surface area contributed by atoms with Crippen LogP contribution in [0.15, 0.2) is 0 Å². The van der Waals surface area contributed by atoms with Gasteiger partial charge in [-0.25, -0.2) is 0 Å². The van der Waals surface area contributed by atoms with E-state index in [4.69, 9.17) is 0 Å². The Morgan fingerprint density at radius 2 is 1.60 bits per heavy atom. The van der Waals surface area contributed by atoms with Gasteiger partial charge in [-0.05, 0) is 110 Å². The lowest BCUT2D eigenvalue weighted by Gasteiger charge is -2.61. The number of hydrogen-bond donors (Lipinski definition) is 1. The lowest BCUT2D eigenvalue weighted by molar-refractivity contribution is -0.152. The van der Waals surface area contributed by atoms with E-state index in [-0.39, 0.29) is 5.92 Å². The van der Waals surface area contributed by atoms with Crippen molar-refractivity contribution in [2.45, 2.75) is 112 Å². The molecule has 4 aliphatic carbocycles. The van der Waals surface area contributed by atoms with Crippen molar-refractivity contribution < 1.29 is 9.90 Å². The Morgan fingerprint density at radius 1 is 0.900 bits per heavy atom. The Kier molecular flexibility index (Phi) is 6.37. The quantitative estimate of drug-likeness (QED) is 0.479. The number of carboxylic acid groups (broad SMARTS) is 1. The first-order valence-electron chi connectivity index (χ1n) is 13.4. The van der Waals surface area contributed by atoms with Crippen molar-refractivity contribution in [1.29, 1.82) is 0 Å². The first kappa shape index (κ1) is 22.7. The fourth-order valence-electron chi connectivity index (χ4n) is 9.51. The molecular formula is C28H48O2. The van der Waals surface area contributed by atoms with Gasteiger partial charge in [0, 0.05) is 0 Å². The van der Waals surface area contributed by atoms with E-state index in [9.17, 15) is 9.90 Å². The average molecular weight is 417 g/mol. The topological polar surface area (TPSA) is 37.3 Å². The Labute approximate surface area is 186 Å². The maximum atomic E-state index is 11.6. The summed E-state index contributed by atoms with van der Waals surface area (Å²) in [5.41, 5.74) is 0.983. The van der Waals surface area contributed by atoms with Crippen molar-refractivity contribution >= 4 is 5.97 Å². The van der Waals surface area contributed by atoms with Crippen molar-refractivity contribution in [3.63, 3.8) is 0 Å². The van der Waals surface area contributed by atoms with Crippen molar-refractivity contribution in [3.05, 3.63) is 0 Å². The molecule has 0 aliphatic heterocycles. The minimum atomic E-state index is -0.541. The first-order valence-corrected chi connectivity index (χ1v) is 13.4. The molecule has 9 atom stereocenters. The second-order valence-corrected chi connectivity index (χ2v) is 13.0. The normalized spacial score (nSPS) is 46.7. The third-order valence-corrected chi connectivity index (χ3v) is 11.2. The molecule has 7 unspecified atom stereocenters. The molecule has 4 fully saturated rings. The Morgan fingerprint density at radius 3 is 2.30 bits per heavy atom. The summed E-state index contributed by atoms with van der Waals surface area (Å²) in [6, 6.07) is 0. The van der Waals surface area contributed by atoms with Crippen LogP contribution >= 0.6 is 0 Å². The van der Waals surface area contributed by atoms with E-state index in [0.29, 0.717) is 16.7 Å². The Bertz CT molecular complexity index is 626. The number of rotatable bonds is 6. The average Bonchev–Trinajstić information content (AvgIpc) is 3.04. The lowest BCUT2D eigenvalue weighted by atomic mass is 9.44. The smallest absolute Gasteiger partial charge is 0.306 e. The second-order valence-electron chi connectivity index (χ2n) is 13.0. The first-order chi connectivity index (χ1) is 14.2. The summed E-state index contributed by atoms with van der Waals surface area (Å²) in [5.74, 6) is 5.41. The predicted octanol–water partition coefficient (Wildman–Crippen LogP) is 7.81. The summed E-state index contributed by atoms with van der Waals surface area (Å²) in [7, 11) is 0. The van der Waals surface area contributed by atoms with Crippen LogP contribution in [0.3, 0.4) is 0 Å². The molecule has 0 spiro atoms. The molecule has 0 aromatic rings. The van der Waals surface area contributed by atoms with E-state index in [2.05, 4.69) is 34.6 Å². The van der Waals surface area contributed by atoms with Crippen LogP contribution in [-0.4, -0.2) is 11.1 Å². The molecule has 0 radical (unpaired) electrons. The zero-order chi connectivity index (χ0) is 21.7. The van der Waals surface area contributed by atoms with Gasteiger partial charge < -0.3 is 5.11 Å². The SMILES string of the molecule is CC(C)CCC[C@@H](C)C1CCC2C3CC[C@H]4CC(C(=O)O)CCC4(C)C3CCC21C. The third kappa shape index (κ3) is 3.77. The summed E-state index contributed by atoms with van der Waals surface area (Å²) in [4.78, 5) is 11.6. The molecule has 4 rings (SSSR count). The van der Waals surface area contributed by atoms with Gasteiger partial charge in [-0.2, -0.15) is 0 Å². The van der Waals surface area contributed by atoms with Crippen molar-refractivity contribution in [1.82, 2.24) is 0 Å². The molecule has 2 nitrogen and oxygen atoms in total. The van der Waals surface area contributed by atoms with Gasteiger partial charge in [0.2, 0.25) is 0 Å². The Balaban J connectivity index is 1.45. The zero-order valence-corrected chi connectivity index (χ0v) is 20.5. The molecule has 4 aliphatic rings. The van der Waals surface area contributed by atoms with E-state index in [1.165, 1.54) is 57.8 Å². The van der Waals surface area contributed by atoms with E-state index in [0.717, 1.165) is 54.8 Å². The van der Waals surface area contributed by atoms with Gasteiger partial charge in [-0.3, -0.25) is 4.79 Å². The molecule has 0 aromatic carbocycles. The van der Waals surface area contributed by atoms with Gasteiger partial charge >= 0.3 is 5.97 Å². The van der Waals surface area contributed by atoms with Gasteiger partial charge in [-0.1, -0.05) is 53.9 Å². The zero-order valence-electron chi connectivity index (χ0n) is 20.5. The number of carbonyl (C=O) groups is 1. The van der Waals surface area contributed by atoms with Crippen LogP contribution in [0.5, 0.6) is 0 Å². The molecule has 0 heterocycles. The number of hydrogen-bond acceptors (Lipinski definition) is 1. The van der Waals surface area contributed by atoms with E-state index < -0.39 is 5.97 Å². The summed E-state index contributed by atoms with van der Waals surface area (Å²) in [6.07, 6.45) is 15.7. The molecule has 4 saturated carbocycles. The van der Waals surface area contributed by atoms with Crippen molar-refractivity contribution in [3.8, 4) is 0 Å². The highest BCUT2D eigenvalue weighted by Gasteiger charge is 2.60. The number of aliphatic carboxylic acids is 1. The predicted molar refractivity (Wildman–Crippen MR) is 124 cm³/mol. The minimum Gasteiger partial charge on any atom is -0.481 e. The van der Waals surface area contributed by atoms with Crippen LogP contribution in [0.2, 0.25) is 0 Å². The molecule has 0 amide bonds. The number of fused-ring (bicyclic) bond motifs is 5. The van der Waals surface area contributed by atoms with Crippen LogP contribution in [0.4, 0.5) is 0 Å². The highest BCUT2D eigenvalue weighted by Crippen LogP contribution is 2.68. The van der Waals surface area contributed by atoms with Crippen LogP contribution in [0.25, 0.3) is 0 Å². The lowest BCUT2D eigenvalue weighted by Crippen LogP contribution is -2.54. The summed E-state index contributed by atoms with van der Waals surface area (Å²) in [6.45, 7) is 12.5. The molecular weight excluding hydrogens is 368 g/mol. The standard InChI is InChI=1S/C28H48O2/c1-18(2)7-6-8-19(3)23-11-12-24-22-10-9-21-17-20(26(29)30)13-15-27(21,4)25(22)14-16-28(23,24)5/h18-25H,6-17H2,1-5H3,(H,29,30)/t19-,20?,21+,22?,23?,24?,25?,27?,28?/m1/s1. The molecule has 1 N–H and O–H groups in total. The second kappa shape index (κ2) is 8.43. The molecule has 172 valence electrons. The maximum Gasteiger partial charge on any atom is 0.306 e. The van der Waals surface area contributed by atoms with Gasteiger partial charge in [-0.15, -0.1) is 0 Å². The summed E-state index contributed by atoms with van der Waals surface area (Å²) >= 11 is 0. The highest BCUT2D eigenvalue weighted by molar-refractivity contribution is 5.70. The molecule has 2 heteroatoms. The largest absolute Gasteiger partial charge is 0.481 e. The monoisotopic (exact) mass is 416 g/mol. The Hall–Kier alpha value is -0.530.